The highest BCUT2D eigenvalue weighted by Crippen LogP contribution is 2.35. The van der Waals surface area contributed by atoms with Crippen LogP contribution in [0.25, 0.3) is 11.0 Å². The normalized spacial score (nSPS) is 17.8. The number of hydrogen-bond acceptors (Lipinski definition) is 5. The fourth-order valence-corrected chi connectivity index (χ4v) is 5.26. The van der Waals surface area contributed by atoms with Crippen molar-refractivity contribution in [2.45, 2.75) is 31.5 Å². The summed E-state index contributed by atoms with van der Waals surface area (Å²) in [6.07, 6.45) is -1.37. The third kappa shape index (κ3) is 5.18. The van der Waals surface area contributed by atoms with Crippen molar-refractivity contribution in [1.82, 2.24) is 30.0 Å². The number of nitrogens with zero attached hydrogens (tertiary/aromatic N) is 5. The molecule has 0 bridgehead atoms. The molecule has 2 aromatic carbocycles. The first-order valence-corrected chi connectivity index (χ1v) is 12.6. The minimum atomic E-state index is -4.85. The third-order valence-corrected chi connectivity index (χ3v) is 7.36. The first-order chi connectivity index (χ1) is 18.5. The lowest BCUT2D eigenvalue weighted by Crippen LogP contribution is -2.51. The van der Waals surface area contributed by atoms with Crippen molar-refractivity contribution < 1.29 is 22.8 Å². The van der Waals surface area contributed by atoms with Gasteiger partial charge in [-0.25, -0.2) is 0 Å². The van der Waals surface area contributed by atoms with E-state index < -0.39 is 34.5 Å². The van der Waals surface area contributed by atoms with Crippen molar-refractivity contribution in [2.24, 2.45) is 7.05 Å². The minimum Gasteiger partial charge on any atom is -0.348 e. The zero-order chi connectivity index (χ0) is 27.9. The fraction of sp³-hybridized carbons (Fsp3) is 0.296. The van der Waals surface area contributed by atoms with E-state index >= 15 is 0 Å². The van der Waals surface area contributed by atoms with Crippen molar-refractivity contribution >= 4 is 34.4 Å². The van der Waals surface area contributed by atoms with Gasteiger partial charge in [0.05, 0.1) is 11.0 Å². The number of halogens is 4. The Morgan fingerprint density at radius 3 is 2.54 bits per heavy atom. The number of nitrogens with one attached hydrogen (secondary N) is 1. The van der Waals surface area contributed by atoms with Crippen LogP contribution in [-0.4, -0.2) is 55.6 Å². The lowest BCUT2D eigenvalue weighted by Gasteiger charge is -2.39. The zero-order valence-electron chi connectivity index (χ0n) is 21.0. The van der Waals surface area contributed by atoms with E-state index in [4.69, 9.17) is 11.6 Å². The van der Waals surface area contributed by atoms with E-state index in [-0.39, 0.29) is 24.9 Å². The van der Waals surface area contributed by atoms with Crippen molar-refractivity contribution in [2.75, 3.05) is 13.1 Å². The molecule has 0 spiro atoms. The largest absolute Gasteiger partial charge is 0.436 e. The molecule has 1 aliphatic rings. The van der Waals surface area contributed by atoms with Crippen molar-refractivity contribution in [3.05, 3.63) is 88.0 Å². The second-order valence-electron chi connectivity index (χ2n) is 9.49. The van der Waals surface area contributed by atoms with Gasteiger partial charge in [0.25, 0.3) is 11.8 Å². The molecule has 8 nitrogen and oxygen atoms in total. The maximum absolute atomic E-state index is 13.6. The van der Waals surface area contributed by atoms with E-state index in [9.17, 15) is 22.8 Å². The fourth-order valence-electron chi connectivity index (χ4n) is 5.05. The van der Waals surface area contributed by atoms with E-state index in [0.717, 1.165) is 15.8 Å². The highest BCUT2D eigenvalue weighted by Gasteiger charge is 2.42. The Bertz CT molecular complexity index is 1560. The van der Waals surface area contributed by atoms with E-state index in [1.807, 2.05) is 37.3 Å². The Labute approximate surface area is 226 Å². The minimum absolute atomic E-state index is 0.203. The van der Waals surface area contributed by atoms with Gasteiger partial charge in [-0.3, -0.25) is 24.2 Å². The smallest absolute Gasteiger partial charge is 0.348 e. The number of rotatable bonds is 4. The van der Waals surface area contributed by atoms with E-state index in [2.05, 4.69) is 20.4 Å². The first kappa shape index (κ1) is 26.6. The van der Waals surface area contributed by atoms with Crippen LogP contribution in [0.1, 0.15) is 49.9 Å². The highest BCUT2D eigenvalue weighted by atomic mass is 35.5. The molecule has 0 aliphatic carbocycles. The van der Waals surface area contributed by atoms with Crippen LogP contribution in [0.2, 0.25) is 5.15 Å². The summed E-state index contributed by atoms with van der Waals surface area (Å²) in [6.45, 7) is 2.40. The summed E-state index contributed by atoms with van der Waals surface area (Å²) in [6, 6.07) is 12.2. The lowest BCUT2D eigenvalue weighted by molar-refractivity contribution is -0.141. The second-order valence-corrected chi connectivity index (χ2v) is 9.85. The molecule has 0 saturated carbocycles. The quantitative estimate of drug-likeness (QED) is 0.391. The predicted molar refractivity (Wildman–Crippen MR) is 138 cm³/mol. The molecule has 1 N–H and O–H groups in total. The van der Waals surface area contributed by atoms with Crippen LogP contribution in [0.15, 0.2) is 54.9 Å². The second kappa shape index (κ2) is 10.3. The molecule has 1 saturated heterocycles. The Kier molecular flexibility index (Phi) is 7.02. The summed E-state index contributed by atoms with van der Waals surface area (Å²) in [5.41, 5.74) is 1.39. The molecule has 2 atom stereocenters. The molecule has 3 heterocycles. The maximum atomic E-state index is 13.6. The van der Waals surface area contributed by atoms with Crippen LogP contribution in [0.5, 0.6) is 0 Å². The summed E-state index contributed by atoms with van der Waals surface area (Å²) >= 11 is 6.05. The summed E-state index contributed by atoms with van der Waals surface area (Å²) in [4.78, 5) is 37.0. The molecule has 2 amide bonds. The van der Waals surface area contributed by atoms with Crippen LogP contribution >= 0.6 is 11.6 Å². The molecule has 202 valence electrons. The van der Waals surface area contributed by atoms with Crippen LogP contribution in [0.4, 0.5) is 13.2 Å². The highest BCUT2D eigenvalue weighted by molar-refractivity contribution is 6.33. The lowest BCUT2D eigenvalue weighted by atomic mass is 9.85. The van der Waals surface area contributed by atoms with Crippen LogP contribution in [0.3, 0.4) is 0 Å². The van der Waals surface area contributed by atoms with Gasteiger partial charge in [0, 0.05) is 50.1 Å². The maximum Gasteiger partial charge on any atom is 0.436 e. The van der Waals surface area contributed by atoms with E-state index in [0.29, 0.717) is 23.0 Å². The average molecular weight is 557 g/mol. The molecule has 0 radical (unpaired) electrons. The number of likely N-dealkylation sites (tertiary alicyclic amines) is 1. The van der Waals surface area contributed by atoms with Crippen LogP contribution in [-0.2, 0) is 13.2 Å². The molecule has 5 rings (SSSR count). The first-order valence-electron chi connectivity index (χ1n) is 12.2. The van der Waals surface area contributed by atoms with Gasteiger partial charge < -0.3 is 10.2 Å². The molecular formula is C27H24ClF3N6O2. The monoisotopic (exact) mass is 556 g/mol. The average Bonchev–Trinajstić information content (AvgIpc) is 3.23. The zero-order valence-corrected chi connectivity index (χ0v) is 21.8. The Morgan fingerprint density at radius 1 is 1.10 bits per heavy atom. The third-order valence-electron chi connectivity index (χ3n) is 6.93. The number of aromatic nitrogens is 4. The number of amides is 2. The standard InChI is InChI=1S/C27H24ClF3N6O2/c1-15-12-17(13-20-22(15)33-10-9-32-20)26(39)37-11-8-19(18(14-37)16-6-4-3-5-7-16)34-25(38)21-23(27(29,30)31)35-36(2)24(21)28/h3-7,9-10,12-13,18-19H,8,11,14H2,1-2H3,(H,34,38)/t18-,19-/m1/s1. The summed E-state index contributed by atoms with van der Waals surface area (Å²) in [7, 11) is 1.24. The Hall–Kier alpha value is -3.99. The van der Waals surface area contributed by atoms with Gasteiger partial charge in [-0.1, -0.05) is 41.9 Å². The number of carbonyl (C=O) groups excluding carboxylic acids is 2. The molecule has 39 heavy (non-hydrogen) atoms. The van der Waals surface area contributed by atoms with Gasteiger partial charge in [-0.2, -0.15) is 18.3 Å². The van der Waals surface area contributed by atoms with Gasteiger partial charge in [-0.15, -0.1) is 0 Å². The van der Waals surface area contributed by atoms with Crippen LogP contribution < -0.4 is 5.32 Å². The molecule has 1 aliphatic heterocycles. The van der Waals surface area contributed by atoms with Crippen molar-refractivity contribution in [1.29, 1.82) is 0 Å². The number of piperidine rings is 1. The topological polar surface area (TPSA) is 93.0 Å². The Morgan fingerprint density at radius 2 is 1.82 bits per heavy atom. The number of alkyl halides is 3. The molecule has 4 aromatic rings. The number of carbonyl (C=O) groups is 2. The molecule has 0 unspecified atom stereocenters. The predicted octanol–water partition coefficient (Wildman–Crippen LogP) is 4.77. The summed E-state index contributed by atoms with van der Waals surface area (Å²) in [5, 5.41) is 5.75. The SMILES string of the molecule is Cc1cc(C(=O)N2CC[C@@H](NC(=O)c3c(C(F)(F)F)nn(C)c3Cl)[C@@H](c3ccccc3)C2)cc2nccnc12. The van der Waals surface area contributed by atoms with Gasteiger partial charge in [0.15, 0.2) is 5.69 Å². The number of fused-ring (bicyclic) bond motifs is 1. The summed E-state index contributed by atoms with van der Waals surface area (Å²) in [5.74, 6) is -1.54. The molecule has 12 heteroatoms. The van der Waals surface area contributed by atoms with Crippen molar-refractivity contribution in [3.63, 3.8) is 0 Å². The van der Waals surface area contributed by atoms with Crippen LogP contribution in [0, 0.1) is 6.92 Å². The van der Waals surface area contributed by atoms with Gasteiger partial charge in [-0.05, 0) is 36.6 Å². The number of benzene rings is 2. The number of hydrogen-bond donors (Lipinski definition) is 1. The van der Waals surface area contributed by atoms with E-state index in [1.54, 1.807) is 29.4 Å². The van der Waals surface area contributed by atoms with Crippen molar-refractivity contribution in [3.8, 4) is 0 Å². The number of aryl methyl sites for hydroxylation is 2. The molecule has 2 aromatic heterocycles. The molecular weight excluding hydrogens is 533 g/mol. The van der Waals surface area contributed by atoms with Gasteiger partial charge in [0.1, 0.15) is 10.7 Å². The summed E-state index contributed by atoms with van der Waals surface area (Å²) < 4.78 is 41.6. The van der Waals surface area contributed by atoms with E-state index in [1.165, 1.54) is 7.05 Å². The molecule has 1 fully saturated rings. The Balaban J connectivity index is 1.43. The van der Waals surface area contributed by atoms with Gasteiger partial charge in [0.2, 0.25) is 0 Å². The van der Waals surface area contributed by atoms with Gasteiger partial charge >= 0.3 is 6.18 Å².